The fraction of sp³-hybridized carbons (Fsp3) is 0.611. The van der Waals surface area contributed by atoms with E-state index < -0.39 is 10.0 Å². The molecule has 144 valence electrons. The first-order valence-electron chi connectivity index (χ1n) is 9.10. The molecule has 0 spiro atoms. The molecule has 1 aromatic carbocycles. The van der Waals surface area contributed by atoms with Gasteiger partial charge in [-0.05, 0) is 43.9 Å². The lowest BCUT2D eigenvalue weighted by Crippen LogP contribution is -2.36. The van der Waals surface area contributed by atoms with E-state index in [4.69, 9.17) is 9.47 Å². The Hall–Kier alpha value is -1.64. The molecule has 0 saturated carbocycles. The van der Waals surface area contributed by atoms with E-state index in [0.29, 0.717) is 32.0 Å². The van der Waals surface area contributed by atoms with E-state index in [-0.39, 0.29) is 22.5 Å². The monoisotopic (exact) mass is 382 g/mol. The molecule has 26 heavy (non-hydrogen) atoms. The summed E-state index contributed by atoms with van der Waals surface area (Å²) in [5, 5.41) is 2.82. The van der Waals surface area contributed by atoms with Gasteiger partial charge in [-0.2, -0.15) is 4.31 Å². The average molecular weight is 382 g/mol. The molecule has 2 aliphatic heterocycles. The van der Waals surface area contributed by atoms with E-state index >= 15 is 0 Å². The first-order chi connectivity index (χ1) is 12.5. The van der Waals surface area contributed by atoms with Crippen molar-refractivity contribution in [2.24, 2.45) is 0 Å². The zero-order valence-electron chi connectivity index (χ0n) is 15.1. The SMILES string of the molecule is COc1ccc(S(=O)(=O)N2CCCCC2)cc1C(=O)NC[C@H]1CCCO1. The Morgan fingerprint density at radius 1 is 1.27 bits per heavy atom. The van der Waals surface area contributed by atoms with Crippen LogP contribution >= 0.6 is 0 Å². The first kappa shape index (κ1) is 19.1. The topological polar surface area (TPSA) is 84.9 Å². The predicted octanol–water partition coefficient (Wildman–Crippen LogP) is 1.78. The van der Waals surface area contributed by atoms with Crippen LogP contribution in [0.2, 0.25) is 0 Å². The molecule has 3 rings (SSSR count). The minimum Gasteiger partial charge on any atom is -0.496 e. The van der Waals surface area contributed by atoms with Crippen molar-refractivity contribution in [3.8, 4) is 5.75 Å². The fourth-order valence-electron chi connectivity index (χ4n) is 3.39. The van der Waals surface area contributed by atoms with Gasteiger partial charge in [-0.25, -0.2) is 8.42 Å². The molecule has 0 unspecified atom stereocenters. The largest absolute Gasteiger partial charge is 0.496 e. The summed E-state index contributed by atoms with van der Waals surface area (Å²) >= 11 is 0. The van der Waals surface area contributed by atoms with Crippen molar-refractivity contribution in [2.75, 3.05) is 33.4 Å². The lowest BCUT2D eigenvalue weighted by Gasteiger charge is -2.26. The summed E-state index contributed by atoms with van der Waals surface area (Å²) < 4.78 is 38.0. The first-order valence-corrected chi connectivity index (χ1v) is 10.5. The van der Waals surface area contributed by atoms with Crippen molar-refractivity contribution in [1.29, 1.82) is 0 Å². The number of methoxy groups -OCH3 is 1. The van der Waals surface area contributed by atoms with Crippen LogP contribution in [0.4, 0.5) is 0 Å². The predicted molar refractivity (Wildman–Crippen MR) is 96.9 cm³/mol. The fourth-order valence-corrected chi connectivity index (χ4v) is 4.93. The molecule has 2 heterocycles. The van der Waals surface area contributed by atoms with Gasteiger partial charge in [0.05, 0.1) is 23.7 Å². The molecule has 8 heteroatoms. The van der Waals surface area contributed by atoms with Crippen LogP contribution in [-0.4, -0.2) is 58.1 Å². The maximum Gasteiger partial charge on any atom is 0.255 e. The molecular formula is C18H26N2O5S. The van der Waals surface area contributed by atoms with Gasteiger partial charge in [0.1, 0.15) is 5.75 Å². The third kappa shape index (κ3) is 4.19. The number of carbonyl (C=O) groups is 1. The van der Waals surface area contributed by atoms with Gasteiger partial charge in [0.2, 0.25) is 10.0 Å². The summed E-state index contributed by atoms with van der Waals surface area (Å²) in [7, 11) is -2.14. The van der Waals surface area contributed by atoms with E-state index in [9.17, 15) is 13.2 Å². The number of hydrogen-bond donors (Lipinski definition) is 1. The number of nitrogens with zero attached hydrogens (tertiary/aromatic N) is 1. The van der Waals surface area contributed by atoms with Gasteiger partial charge >= 0.3 is 0 Å². The maximum atomic E-state index is 12.9. The molecule has 7 nitrogen and oxygen atoms in total. The molecule has 0 radical (unpaired) electrons. The number of benzene rings is 1. The number of amides is 1. The van der Waals surface area contributed by atoms with Crippen molar-refractivity contribution in [1.82, 2.24) is 9.62 Å². The summed E-state index contributed by atoms with van der Waals surface area (Å²) in [6.07, 6.45) is 4.71. The molecule has 0 aromatic heterocycles. The van der Waals surface area contributed by atoms with Crippen LogP contribution in [0, 0.1) is 0 Å². The molecular weight excluding hydrogens is 356 g/mol. The molecule has 2 saturated heterocycles. The maximum absolute atomic E-state index is 12.9. The number of sulfonamides is 1. The molecule has 0 bridgehead atoms. The van der Waals surface area contributed by atoms with Gasteiger partial charge in [-0.1, -0.05) is 6.42 Å². The van der Waals surface area contributed by atoms with E-state index in [1.165, 1.54) is 29.6 Å². The van der Waals surface area contributed by atoms with Gasteiger partial charge in [0.15, 0.2) is 0 Å². The van der Waals surface area contributed by atoms with Crippen LogP contribution < -0.4 is 10.1 Å². The number of ether oxygens (including phenoxy) is 2. The van der Waals surface area contributed by atoms with Crippen LogP contribution in [0.25, 0.3) is 0 Å². The molecule has 1 atom stereocenters. The Kier molecular flexibility index (Phi) is 6.16. The molecule has 1 amide bonds. The summed E-state index contributed by atoms with van der Waals surface area (Å²) in [6.45, 7) is 2.17. The minimum atomic E-state index is -3.60. The average Bonchev–Trinajstić information content (AvgIpc) is 3.20. The summed E-state index contributed by atoms with van der Waals surface area (Å²) in [5.74, 6) is 0.000443. The zero-order valence-corrected chi connectivity index (χ0v) is 15.9. The summed E-state index contributed by atoms with van der Waals surface area (Å²) in [4.78, 5) is 12.7. The van der Waals surface area contributed by atoms with Gasteiger partial charge < -0.3 is 14.8 Å². The van der Waals surface area contributed by atoms with Crippen LogP contribution in [0.1, 0.15) is 42.5 Å². The lowest BCUT2D eigenvalue weighted by atomic mass is 10.1. The minimum absolute atomic E-state index is 0.0187. The third-order valence-corrected chi connectivity index (χ3v) is 6.78. The van der Waals surface area contributed by atoms with Crippen molar-refractivity contribution < 1.29 is 22.7 Å². The van der Waals surface area contributed by atoms with Gasteiger partial charge in [-0.3, -0.25) is 4.79 Å². The Labute approximate surface area is 154 Å². The number of nitrogens with one attached hydrogen (secondary N) is 1. The standard InChI is InChI=1S/C18H26N2O5S/c1-24-17-8-7-15(26(22,23)20-9-3-2-4-10-20)12-16(17)18(21)19-13-14-6-5-11-25-14/h7-8,12,14H,2-6,9-11,13H2,1H3,(H,19,21)/t14-/m1/s1. The highest BCUT2D eigenvalue weighted by molar-refractivity contribution is 7.89. The smallest absolute Gasteiger partial charge is 0.255 e. The lowest BCUT2D eigenvalue weighted by molar-refractivity contribution is 0.0855. The third-order valence-electron chi connectivity index (χ3n) is 4.88. The quantitative estimate of drug-likeness (QED) is 0.811. The summed E-state index contributed by atoms with van der Waals surface area (Å²) in [5.41, 5.74) is 0.226. The Morgan fingerprint density at radius 2 is 2.04 bits per heavy atom. The van der Waals surface area contributed by atoms with E-state index in [0.717, 1.165) is 32.1 Å². The molecule has 1 aromatic rings. The second-order valence-electron chi connectivity index (χ2n) is 6.67. The second kappa shape index (κ2) is 8.37. The van der Waals surface area contributed by atoms with Crippen molar-refractivity contribution in [2.45, 2.75) is 43.1 Å². The van der Waals surface area contributed by atoms with Crippen molar-refractivity contribution in [3.63, 3.8) is 0 Å². The van der Waals surface area contributed by atoms with Crippen molar-refractivity contribution in [3.05, 3.63) is 23.8 Å². The normalized spacial score (nSPS) is 21.5. The van der Waals surface area contributed by atoms with Gasteiger partial charge in [-0.15, -0.1) is 0 Å². The molecule has 1 N–H and O–H groups in total. The number of piperidine rings is 1. The van der Waals surface area contributed by atoms with Crippen LogP contribution in [0.3, 0.4) is 0 Å². The van der Waals surface area contributed by atoms with E-state index in [1.54, 1.807) is 0 Å². The van der Waals surface area contributed by atoms with Crippen LogP contribution in [0.15, 0.2) is 23.1 Å². The molecule has 2 fully saturated rings. The number of hydrogen-bond acceptors (Lipinski definition) is 5. The van der Waals surface area contributed by atoms with Crippen LogP contribution in [0.5, 0.6) is 5.75 Å². The number of rotatable bonds is 6. The van der Waals surface area contributed by atoms with Crippen molar-refractivity contribution >= 4 is 15.9 Å². The Bertz CT molecular complexity index is 738. The van der Waals surface area contributed by atoms with Gasteiger partial charge in [0, 0.05) is 26.2 Å². The van der Waals surface area contributed by atoms with Crippen LogP contribution in [-0.2, 0) is 14.8 Å². The van der Waals surface area contributed by atoms with E-state index in [1.807, 2.05) is 0 Å². The Balaban J connectivity index is 1.80. The summed E-state index contributed by atoms with van der Waals surface area (Å²) in [6, 6.07) is 4.45. The second-order valence-corrected chi connectivity index (χ2v) is 8.61. The molecule has 0 aliphatic carbocycles. The Morgan fingerprint density at radius 3 is 2.69 bits per heavy atom. The number of carbonyl (C=O) groups excluding carboxylic acids is 1. The van der Waals surface area contributed by atoms with E-state index in [2.05, 4.69) is 5.32 Å². The zero-order chi connectivity index (χ0) is 18.6. The highest BCUT2D eigenvalue weighted by Crippen LogP contribution is 2.26. The molecule has 2 aliphatic rings. The highest BCUT2D eigenvalue weighted by atomic mass is 32.2. The highest BCUT2D eigenvalue weighted by Gasteiger charge is 2.28. The van der Waals surface area contributed by atoms with Gasteiger partial charge in [0.25, 0.3) is 5.91 Å².